The van der Waals surface area contributed by atoms with Gasteiger partial charge in [-0.25, -0.2) is 5.43 Å². The molecule has 5 nitrogen and oxygen atoms in total. The van der Waals surface area contributed by atoms with Crippen molar-refractivity contribution >= 4 is 28.3 Å². The van der Waals surface area contributed by atoms with E-state index in [4.69, 9.17) is 16.3 Å². The Hall–Kier alpha value is -2.21. The number of aromatic nitrogens is 1. The Bertz CT molecular complexity index is 843. The van der Waals surface area contributed by atoms with E-state index in [2.05, 4.69) is 40.9 Å². The van der Waals surface area contributed by atoms with Gasteiger partial charge in [0.1, 0.15) is 11.6 Å². The lowest BCUT2D eigenvalue weighted by Crippen LogP contribution is -2.22. The van der Waals surface area contributed by atoms with Crippen molar-refractivity contribution in [3.63, 3.8) is 0 Å². The number of aromatic amines is 1. The van der Waals surface area contributed by atoms with Gasteiger partial charge in [0, 0.05) is 34.6 Å². The summed E-state index contributed by atoms with van der Waals surface area (Å²) in [6, 6.07) is 13.9. The molecular weight excluding hydrogens is 336 g/mol. The first kappa shape index (κ1) is 17.6. The molecule has 1 heterocycles. The van der Waals surface area contributed by atoms with Crippen molar-refractivity contribution in [2.45, 2.75) is 13.1 Å². The van der Waals surface area contributed by atoms with Gasteiger partial charge in [0.2, 0.25) is 0 Å². The number of halogens is 1. The third kappa shape index (κ3) is 4.25. The Balaban J connectivity index is 1.80. The summed E-state index contributed by atoms with van der Waals surface area (Å²) >= 11 is 5.92. The second-order valence-corrected chi connectivity index (χ2v) is 6.67. The van der Waals surface area contributed by atoms with Gasteiger partial charge in [-0.1, -0.05) is 23.7 Å². The summed E-state index contributed by atoms with van der Waals surface area (Å²) in [5.74, 6) is 1.82. The zero-order chi connectivity index (χ0) is 17.8. The van der Waals surface area contributed by atoms with Gasteiger partial charge in [0.15, 0.2) is 0 Å². The average Bonchev–Trinajstić information content (AvgIpc) is 2.93. The molecule has 0 aliphatic rings. The summed E-state index contributed by atoms with van der Waals surface area (Å²) < 4.78 is 5.37. The van der Waals surface area contributed by atoms with Gasteiger partial charge >= 0.3 is 0 Å². The molecule has 6 heteroatoms. The fourth-order valence-electron chi connectivity index (χ4n) is 2.78. The van der Waals surface area contributed by atoms with Gasteiger partial charge in [-0.15, -0.1) is 0 Å². The van der Waals surface area contributed by atoms with Crippen LogP contribution < -0.4 is 15.6 Å². The molecule has 132 valence electrons. The van der Waals surface area contributed by atoms with E-state index in [1.54, 1.807) is 7.11 Å². The predicted molar refractivity (Wildman–Crippen MR) is 104 cm³/mol. The zero-order valence-corrected chi connectivity index (χ0v) is 15.4. The molecule has 2 aromatic carbocycles. The molecule has 0 radical (unpaired) electrons. The van der Waals surface area contributed by atoms with Crippen molar-refractivity contribution < 1.29 is 4.74 Å². The lowest BCUT2D eigenvalue weighted by atomic mass is 10.1. The van der Waals surface area contributed by atoms with Crippen molar-refractivity contribution in [1.29, 1.82) is 0 Å². The number of methoxy groups -OCH3 is 1. The summed E-state index contributed by atoms with van der Waals surface area (Å²) in [6.45, 7) is 1.51. The summed E-state index contributed by atoms with van der Waals surface area (Å²) in [7, 11) is 5.81. The summed E-state index contributed by atoms with van der Waals surface area (Å²) in [6.07, 6.45) is 0. The highest BCUT2D eigenvalue weighted by molar-refractivity contribution is 6.30. The molecule has 0 spiro atoms. The normalized spacial score (nSPS) is 11.2. The number of nitrogens with zero attached hydrogens (tertiary/aromatic N) is 1. The van der Waals surface area contributed by atoms with Crippen molar-refractivity contribution in [3.05, 3.63) is 58.6 Å². The Labute approximate surface area is 152 Å². The van der Waals surface area contributed by atoms with Crippen LogP contribution in [0.15, 0.2) is 42.5 Å². The molecule has 3 rings (SSSR count). The highest BCUT2D eigenvalue weighted by atomic mass is 35.5. The summed E-state index contributed by atoms with van der Waals surface area (Å²) in [5.41, 5.74) is 10.00. The van der Waals surface area contributed by atoms with E-state index in [9.17, 15) is 0 Å². The van der Waals surface area contributed by atoms with Gasteiger partial charge < -0.3 is 20.0 Å². The standard InChI is InChI=1S/C19H23ClN4O/c1-24(2)12-17-16-10-15(25-3)8-9-18(16)22-19(17)23-21-11-13-4-6-14(20)7-5-13/h4-10,21-23H,11-12H2,1-3H3. The van der Waals surface area contributed by atoms with Crippen LogP contribution in [0.3, 0.4) is 0 Å². The van der Waals surface area contributed by atoms with Crippen LogP contribution in [0.1, 0.15) is 11.1 Å². The van der Waals surface area contributed by atoms with Crippen LogP contribution in [0.4, 0.5) is 5.82 Å². The molecule has 0 aliphatic carbocycles. The molecule has 0 atom stereocenters. The van der Waals surface area contributed by atoms with Gasteiger partial charge in [-0.3, -0.25) is 0 Å². The Morgan fingerprint density at radius 3 is 2.56 bits per heavy atom. The minimum Gasteiger partial charge on any atom is -0.497 e. The molecule has 0 aliphatic heterocycles. The van der Waals surface area contributed by atoms with Gasteiger partial charge in [0.25, 0.3) is 0 Å². The third-order valence-electron chi connectivity index (χ3n) is 4.01. The maximum atomic E-state index is 5.92. The summed E-state index contributed by atoms with van der Waals surface area (Å²) in [4.78, 5) is 5.58. The van der Waals surface area contributed by atoms with E-state index in [-0.39, 0.29) is 0 Å². The van der Waals surface area contributed by atoms with Gasteiger partial charge in [0.05, 0.1) is 7.11 Å². The van der Waals surface area contributed by atoms with E-state index < -0.39 is 0 Å². The van der Waals surface area contributed by atoms with Crippen LogP contribution in [-0.4, -0.2) is 31.1 Å². The number of H-pyrrole nitrogens is 1. The van der Waals surface area contributed by atoms with Crippen LogP contribution in [-0.2, 0) is 13.1 Å². The zero-order valence-electron chi connectivity index (χ0n) is 14.7. The second kappa shape index (κ2) is 7.78. The number of anilines is 1. The van der Waals surface area contributed by atoms with Crippen LogP contribution >= 0.6 is 11.6 Å². The van der Waals surface area contributed by atoms with Crippen molar-refractivity contribution in [2.24, 2.45) is 0 Å². The maximum absolute atomic E-state index is 5.92. The Kier molecular flexibility index (Phi) is 5.48. The molecule has 0 unspecified atom stereocenters. The number of fused-ring (bicyclic) bond motifs is 1. The van der Waals surface area contributed by atoms with Crippen LogP contribution in [0.5, 0.6) is 5.75 Å². The minimum atomic E-state index is 0.692. The van der Waals surface area contributed by atoms with Crippen molar-refractivity contribution in [3.8, 4) is 5.75 Å². The molecule has 0 bridgehead atoms. The lowest BCUT2D eigenvalue weighted by molar-refractivity contribution is 0.404. The number of nitrogens with one attached hydrogen (secondary N) is 3. The topological polar surface area (TPSA) is 52.3 Å². The van der Waals surface area contributed by atoms with Crippen molar-refractivity contribution in [2.75, 3.05) is 26.6 Å². The van der Waals surface area contributed by atoms with Crippen molar-refractivity contribution in [1.82, 2.24) is 15.3 Å². The number of hydrogen-bond acceptors (Lipinski definition) is 4. The Morgan fingerprint density at radius 2 is 1.88 bits per heavy atom. The van der Waals surface area contributed by atoms with E-state index in [1.807, 2.05) is 36.4 Å². The third-order valence-corrected chi connectivity index (χ3v) is 4.26. The first-order valence-electron chi connectivity index (χ1n) is 8.13. The smallest absolute Gasteiger partial charge is 0.123 e. The van der Waals surface area contributed by atoms with E-state index in [0.717, 1.165) is 39.6 Å². The Morgan fingerprint density at radius 1 is 1.12 bits per heavy atom. The molecule has 0 fully saturated rings. The number of rotatable bonds is 7. The fourth-order valence-corrected chi connectivity index (χ4v) is 2.90. The number of hydrazine groups is 1. The minimum absolute atomic E-state index is 0.692. The number of benzene rings is 2. The van der Waals surface area contributed by atoms with Crippen LogP contribution in [0, 0.1) is 0 Å². The first-order chi connectivity index (χ1) is 12.1. The van der Waals surface area contributed by atoms with Crippen LogP contribution in [0.2, 0.25) is 5.02 Å². The SMILES string of the molecule is COc1ccc2[nH]c(NNCc3ccc(Cl)cc3)c(CN(C)C)c2c1. The quantitative estimate of drug-likeness (QED) is 0.559. The highest BCUT2D eigenvalue weighted by Crippen LogP contribution is 2.30. The lowest BCUT2D eigenvalue weighted by Gasteiger charge is -2.13. The molecule has 25 heavy (non-hydrogen) atoms. The van der Waals surface area contributed by atoms with Gasteiger partial charge in [-0.05, 0) is 50.0 Å². The molecule has 0 saturated heterocycles. The average molecular weight is 359 g/mol. The molecule has 3 aromatic rings. The molecule has 1 aromatic heterocycles. The summed E-state index contributed by atoms with van der Waals surface area (Å²) in [5, 5.41) is 1.90. The number of hydrogen-bond donors (Lipinski definition) is 3. The predicted octanol–water partition coefficient (Wildman–Crippen LogP) is 4.01. The molecule has 3 N–H and O–H groups in total. The van der Waals surface area contributed by atoms with Crippen LogP contribution in [0.25, 0.3) is 10.9 Å². The monoisotopic (exact) mass is 358 g/mol. The molecule has 0 amide bonds. The highest BCUT2D eigenvalue weighted by Gasteiger charge is 2.13. The largest absolute Gasteiger partial charge is 0.497 e. The van der Waals surface area contributed by atoms with E-state index >= 15 is 0 Å². The first-order valence-corrected chi connectivity index (χ1v) is 8.51. The second-order valence-electron chi connectivity index (χ2n) is 6.23. The van der Waals surface area contributed by atoms with Gasteiger partial charge in [-0.2, -0.15) is 0 Å². The number of ether oxygens (including phenoxy) is 1. The molecule has 0 saturated carbocycles. The fraction of sp³-hybridized carbons (Fsp3) is 0.263. The molecular formula is C19H23ClN4O. The maximum Gasteiger partial charge on any atom is 0.123 e. The van der Waals surface area contributed by atoms with E-state index in [1.165, 1.54) is 5.56 Å². The van der Waals surface area contributed by atoms with E-state index in [0.29, 0.717) is 6.54 Å².